The Balaban J connectivity index is 2.34. The molecule has 0 bridgehead atoms. The summed E-state index contributed by atoms with van der Waals surface area (Å²) in [6.07, 6.45) is 5.78. The van der Waals surface area contributed by atoms with Crippen LogP contribution in [0.5, 0.6) is 0 Å². The van der Waals surface area contributed by atoms with E-state index in [1.807, 2.05) is 0 Å². The summed E-state index contributed by atoms with van der Waals surface area (Å²) in [5, 5.41) is 0. The van der Waals surface area contributed by atoms with Crippen molar-refractivity contribution in [1.82, 2.24) is 4.98 Å². The Hall–Kier alpha value is -0.960. The van der Waals surface area contributed by atoms with E-state index in [4.69, 9.17) is 5.73 Å². The molecule has 0 aromatic carbocycles. The minimum Gasteiger partial charge on any atom is -0.321 e. The zero-order valence-electron chi connectivity index (χ0n) is 9.91. The van der Waals surface area contributed by atoms with E-state index in [-0.39, 0.29) is 5.82 Å². The predicted octanol–water partition coefficient (Wildman–Crippen LogP) is 2.83. The van der Waals surface area contributed by atoms with Gasteiger partial charge in [0.25, 0.3) is 0 Å². The van der Waals surface area contributed by atoms with Crippen molar-refractivity contribution in [1.29, 1.82) is 0 Å². The summed E-state index contributed by atoms with van der Waals surface area (Å²) in [4.78, 5) is 3.78. The van der Waals surface area contributed by atoms with E-state index in [1.54, 1.807) is 12.3 Å². The zero-order valence-corrected chi connectivity index (χ0v) is 9.91. The SMILES string of the molecule is CC1CC(C)CC(N)(c2ccncc2F)C1. The van der Waals surface area contributed by atoms with Crippen LogP contribution >= 0.6 is 0 Å². The second kappa shape index (κ2) is 4.13. The van der Waals surface area contributed by atoms with E-state index in [2.05, 4.69) is 18.8 Å². The molecule has 0 radical (unpaired) electrons. The van der Waals surface area contributed by atoms with Gasteiger partial charge >= 0.3 is 0 Å². The lowest BCUT2D eigenvalue weighted by Crippen LogP contribution is -2.44. The van der Waals surface area contributed by atoms with E-state index < -0.39 is 5.54 Å². The van der Waals surface area contributed by atoms with Gasteiger partial charge in [-0.2, -0.15) is 0 Å². The summed E-state index contributed by atoms with van der Waals surface area (Å²) in [7, 11) is 0. The number of nitrogens with zero attached hydrogens (tertiary/aromatic N) is 1. The standard InChI is InChI=1S/C13H19FN2/c1-9-5-10(2)7-13(15,6-9)11-3-4-16-8-12(11)14/h3-4,8-10H,5-7,15H2,1-2H3. The van der Waals surface area contributed by atoms with Gasteiger partial charge in [-0.1, -0.05) is 13.8 Å². The molecule has 2 nitrogen and oxygen atoms in total. The Morgan fingerprint density at radius 1 is 1.38 bits per heavy atom. The predicted molar refractivity (Wildman–Crippen MR) is 62.2 cm³/mol. The summed E-state index contributed by atoms with van der Waals surface area (Å²) < 4.78 is 13.7. The van der Waals surface area contributed by atoms with Crippen LogP contribution in [0, 0.1) is 17.7 Å². The first kappa shape index (κ1) is 11.5. The molecule has 2 N–H and O–H groups in total. The number of hydrogen-bond donors (Lipinski definition) is 1. The molecule has 16 heavy (non-hydrogen) atoms. The Morgan fingerprint density at radius 3 is 2.56 bits per heavy atom. The summed E-state index contributed by atoms with van der Waals surface area (Å²) in [5.74, 6) is 0.842. The van der Waals surface area contributed by atoms with Crippen LogP contribution in [0.15, 0.2) is 18.5 Å². The van der Waals surface area contributed by atoms with Crippen LogP contribution in [-0.4, -0.2) is 4.98 Å². The second-order valence-corrected chi connectivity index (χ2v) is 5.37. The second-order valence-electron chi connectivity index (χ2n) is 5.37. The molecule has 1 aromatic rings. The van der Waals surface area contributed by atoms with Crippen molar-refractivity contribution < 1.29 is 4.39 Å². The smallest absolute Gasteiger partial charge is 0.146 e. The highest BCUT2D eigenvalue weighted by atomic mass is 19.1. The molecule has 2 unspecified atom stereocenters. The highest BCUT2D eigenvalue weighted by Gasteiger charge is 2.37. The highest BCUT2D eigenvalue weighted by molar-refractivity contribution is 5.24. The first-order chi connectivity index (χ1) is 7.51. The molecule has 2 rings (SSSR count). The van der Waals surface area contributed by atoms with Crippen LogP contribution in [0.3, 0.4) is 0 Å². The number of halogens is 1. The van der Waals surface area contributed by atoms with Gasteiger partial charge in [-0.3, -0.25) is 4.98 Å². The third kappa shape index (κ3) is 2.09. The average Bonchev–Trinajstić information content (AvgIpc) is 2.15. The molecule has 1 aliphatic carbocycles. The van der Waals surface area contributed by atoms with Crippen LogP contribution in [0.25, 0.3) is 0 Å². The number of nitrogens with two attached hydrogens (primary N) is 1. The Bertz CT molecular complexity index is 368. The van der Waals surface area contributed by atoms with Crippen molar-refractivity contribution in [2.45, 2.75) is 38.6 Å². The number of pyridine rings is 1. The largest absolute Gasteiger partial charge is 0.321 e. The molecule has 0 amide bonds. The molecule has 1 fully saturated rings. The Labute approximate surface area is 96.1 Å². The molecular weight excluding hydrogens is 203 g/mol. The fraction of sp³-hybridized carbons (Fsp3) is 0.615. The summed E-state index contributed by atoms with van der Waals surface area (Å²) >= 11 is 0. The quantitative estimate of drug-likeness (QED) is 0.793. The average molecular weight is 222 g/mol. The first-order valence-corrected chi connectivity index (χ1v) is 5.90. The maximum Gasteiger partial charge on any atom is 0.146 e. The van der Waals surface area contributed by atoms with E-state index in [1.165, 1.54) is 12.6 Å². The third-order valence-corrected chi connectivity index (χ3v) is 3.54. The van der Waals surface area contributed by atoms with E-state index in [0.29, 0.717) is 17.4 Å². The van der Waals surface area contributed by atoms with Crippen molar-refractivity contribution in [2.75, 3.05) is 0 Å². The molecule has 1 heterocycles. The van der Waals surface area contributed by atoms with E-state index in [0.717, 1.165) is 12.8 Å². The molecule has 1 aromatic heterocycles. The monoisotopic (exact) mass is 222 g/mol. The first-order valence-electron chi connectivity index (χ1n) is 5.90. The van der Waals surface area contributed by atoms with Gasteiger partial charge in [0.05, 0.1) is 6.20 Å². The lowest BCUT2D eigenvalue weighted by molar-refractivity contribution is 0.179. The normalized spacial score (nSPS) is 35.0. The maximum absolute atomic E-state index is 13.7. The molecule has 1 aliphatic rings. The van der Waals surface area contributed by atoms with E-state index >= 15 is 0 Å². The summed E-state index contributed by atoms with van der Waals surface area (Å²) in [5.41, 5.74) is 6.51. The Kier molecular flexibility index (Phi) is 2.98. The van der Waals surface area contributed by atoms with Crippen molar-refractivity contribution in [3.05, 3.63) is 29.8 Å². The summed E-state index contributed by atoms with van der Waals surface area (Å²) in [6.45, 7) is 4.38. The molecule has 88 valence electrons. The molecule has 0 saturated heterocycles. The minimum atomic E-state index is -0.510. The molecule has 2 atom stereocenters. The lowest BCUT2D eigenvalue weighted by atomic mass is 9.69. The van der Waals surface area contributed by atoms with Gasteiger partial charge in [-0.15, -0.1) is 0 Å². The van der Waals surface area contributed by atoms with Crippen molar-refractivity contribution >= 4 is 0 Å². The molecule has 0 aliphatic heterocycles. The highest BCUT2D eigenvalue weighted by Crippen LogP contribution is 2.41. The maximum atomic E-state index is 13.7. The summed E-state index contributed by atoms with van der Waals surface area (Å²) in [6, 6.07) is 1.72. The number of hydrogen-bond acceptors (Lipinski definition) is 2. The van der Waals surface area contributed by atoms with Gasteiger partial charge in [0.2, 0.25) is 0 Å². The fourth-order valence-corrected chi connectivity index (χ4v) is 3.18. The molecule has 0 spiro atoms. The fourth-order valence-electron chi connectivity index (χ4n) is 3.18. The van der Waals surface area contributed by atoms with Crippen LogP contribution in [0.4, 0.5) is 4.39 Å². The van der Waals surface area contributed by atoms with Gasteiger partial charge < -0.3 is 5.73 Å². The van der Waals surface area contributed by atoms with E-state index in [9.17, 15) is 4.39 Å². The molecule has 3 heteroatoms. The van der Waals surface area contributed by atoms with Crippen molar-refractivity contribution in [3.8, 4) is 0 Å². The van der Waals surface area contributed by atoms with Crippen LogP contribution in [0.1, 0.15) is 38.7 Å². The van der Waals surface area contributed by atoms with Crippen LogP contribution < -0.4 is 5.73 Å². The van der Waals surface area contributed by atoms with Gasteiger partial charge in [-0.25, -0.2) is 4.39 Å². The molecule has 1 saturated carbocycles. The topological polar surface area (TPSA) is 38.9 Å². The molecular formula is C13H19FN2. The van der Waals surface area contributed by atoms with Gasteiger partial charge in [0, 0.05) is 17.3 Å². The number of aromatic nitrogens is 1. The van der Waals surface area contributed by atoms with Crippen LogP contribution in [-0.2, 0) is 5.54 Å². The third-order valence-electron chi connectivity index (χ3n) is 3.54. The zero-order chi connectivity index (χ0) is 11.8. The van der Waals surface area contributed by atoms with Gasteiger partial charge in [0.1, 0.15) is 5.82 Å². The van der Waals surface area contributed by atoms with Crippen molar-refractivity contribution in [3.63, 3.8) is 0 Å². The Morgan fingerprint density at radius 2 is 2.00 bits per heavy atom. The minimum absolute atomic E-state index is 0.272. The van der Waals surface area contributed by atoms with Gasteiger partial charge in [-0.05, 0) is 37.2 Å². The van der Waals surface area contributed by atoms with Crippen LogP contribution in [0.2, 0.25) is 0 Å². The van der Waals surface area contributed by atoms with Crippen molar-refractivity contribution in [2.24, 2.45) is 17.6 Å². The van der Waals surface area contributed by atoms with Gasteiger partial charge in [0.15, 0.2) is 0 Å². The lowest BCUT2D eigenvalue weighted by Gasteiger charge is -2.40. The number of rotatable bonds is 1.